The number of halogens is 4. The Labute approximate surface area is 108 Å². The van der Waals surface area contributed by atoms with Crippen LogP contribution in [0.1, 0.15) is 5.56 Å². The third-order valence-corrected chi connectivity index (χ3v) is 3.99. The lowest BCUT2D eigenvalue weighted by molar-refractivity contribution is -0.137. The van der Waals surface area contributed by atoms with Crippen molar-refractivity contribution in [3.8, 4) is 11.1 Å². The molecule has 2 N–H and O–H groups in total. The SMILES string of the molecule is Nc1cc(C(F)(F)F)ccc1-c1cscc1Br. The molecule has 0 fully saturated rings. The van der Waals surface area contributed by atoms with Crippen LogP contribution in [0.3, 0.4) is 0 Å². The molecule has 1 nitrogen and oxygen atoms in total. The fraction of sp³-hybridized carbons (Fsp3) is 0.0909. The Morgan fingerprint density at radius 3 is 2.29 bits per heavy atom. The van der Waals surface area contributed by atoms with Crippen LogP contribution in [-0.2, 0) is 6.18 Å². The molecular formula is C11H7BrF3NS. The van der Waals surface area contributed by atoms with E-state index in [4.69, 9.17) is 5.73 Å². The van der Waals surface area contributed by atoms with E-state index in [0.29, 0.717) is 5.56 Å². The number of anilines is 1. The van der Waals surface area contributed by atoms with Crippen LogP contribution in [0.15, 0.2) is 33.4 Å². The molecule has 2 aromatic rings. The molecule has 0 bridgehead atoms. The topological polar surface area (TPSA) is 26.0 Å². The number of nitrogens with two attached hydrogens (primary N) is 1. The minimum atomic E-state index is -4.36. The predicted octanol–water partition coefficient (Wildman–Crippen LogP) is 4.78. The maximum Gasteiger partial charge on any atom is 0.416 e. The molecule has 1 heterocycles. The summed E-state index contributed by atoms with van der Waals surface area (Å²) in [6, 6.07) is 3.39. The van der Waals surface area contributed by atoms with E-state index in [-0.39, 0.29) is 5.69 Å². The highest BCUT2D eigenvalue weighted by atomic mass is 79.9. The highest BCUT2D eigenvalue weighted by Crippen LogP contribution is 2.38. The summed E-state index contributed by atoms with van der Waals surface area (Å²) in [5.74, 6) is 0. The summed E-state index contributed by atoms with van der Waals surface area (Å²) in [5.41, 5.74) is 6.46. The van der Waals surface area contributed by atoms with Crippen molar-refractivity contribution in [1.82, 2.24) is 0 Å². The Hall–Kier alpha value is -1.01. The summed E-state index contributed by atoms with van der Waals surface area (Å²) in [5, 5.41) is 3.69. The second-order valence-corrected chi connectivity index (χ2v) is 5.03. The third-order valence-electron chi connectivity index (χ3n) is 2.28. The zero-order valence-electron chi connectivity index (χ0n) is 8.38. The number of rotatable bonds is 1. The summed E-state index contributed by atoms with van der Waals surface area (Å²) >= 11 is 4.78. The minimum Gasteiger partial charge on any atom is -0.398 e. The summed E-state index contributed by atoms with van der Waals surface area (Å²) in [7, 11) is 0. The lowest BCUT2D eigenvalue weighted by Gasteiger charge is -2.10. The van der Waals surface area contributed by atoms with E-state index in [1.807, 2.05) is 10.8 Å². The van der Waals surface area contributed by atoms with E-state index >= 15 is 0 Å². The Kier molecular flexibility index (Phi) is 3.18. The molecule has 2 rings (SSSR count). The number of hydrogen-bond acceptors (Lipinski definition) is 2. The maximum absolute atomic E-state index is 12.5. The van der Waals surface area contributed by atoms with E-state index in [1.54, 1.807) is 0 Å². The summed E-state index contributed by atoms with van der Waals surface area (Å²) in [6.45, 7) is 0. The van der Waals surface area contributed by atoms with Crippen molar-refractivity contribution in [2.45, 2.75) is 6.18 Å². The highest BCUT2D eigenvalue weighted by molar-refractivity contribution is 9.10. The van der Waals surface area contributed by atoms with Gasteiger partial charge in [-0.05, 0) is 33.4 Å². The number of benzene rings is 1. The van der Waals surface area contributed by atoms with Gasteiger partial charge in [0, 0.05) is 26.7 Å². The van der Waals surface area contributed by atoms with Gasteiger partial charge in [0.25, 0.3) is 0 Å². The molecule has 0 spiro atoms. The molecule has 1 aromatic heterocycles. The Bertz CT molecular complexity index is 548. The van der Waals surface area contributed by atoms with Crippen molar-refractivity contribution in [1.29, 1.82) is 0 Å². The van der Waals surface area contributed by atoms with E-state index in [1.165, 1.54) is 17.4 Å². The minimum absolute atomic E-state index is 0.124. The van der Waals surface area contributed by atoms with Crippen LogP contribution >= 0.6 is 27.3 Å². The molecule has 0 aliphatic rings. The number of hydrogen-bond donors (Lipinski definition) is 1. The normalized spacial score (nSPS) is 11.8. The van der Waals surface area contributed by atoms with E-state index < -0.39 is 11.7 Å². The van der Waals surface area contributed by atoms with Crippen molar-refractivity contribution in [3.05, 3.63) is 39.0 Å². The molecule has 6 heteroatoms. The first-order valence-electron chi connectivity index (χ1n) is 4.58. The van der Waals surface area contributed by atoms with Crippen molar-refractivity contribution < 1.29 is 13.2 Å². The van der Waals surface area contributed by atoms with Crippen LogP contribution in [-0.4, -0.2) is 0 Å². The van der Waals surface area contributed by atoms with Gasteiger partial charge in [0.2, 0.25) is 0 Å². The van der Waals surface area contributed by atoms with Crippen molar-refractivity contribution in [2.75, 3.05) is 5.73 Å². The standard InChI is InChI=1S/C11H7BrF3NS/c12-9-5-17-4-8(9)7-2-1-6(3-10(7)16)11(13,14)15/h1-5H,16H2. The molecule has 0 radical (unpaired) electrons. The second kappa shape index (κ2) is 4.34. The van der Waals surface area contributed by atoms with Gasteiger partial charge in [0.15, 0.2) is 0 Å². The molecule has 0 saturated heterocycles. The Morgan fingerprint density at radius 1 is 1.12 bits per heavy atom. The van der Waals surface area contributed by atoms with Crippen LogP contribution in [0.4, 0.5) is 18.9 Å². The number of nitrogen functional groups attached to an aromatic ring is 1. The molecular weight excluding hydrogens is 315 g/mol. The summed E-state index contributed by atoms with van der Waals surface area (Å²) in [4.78, 5) is 0. The van der Waals surface area contributed by atoms with Gasteiger partial charge in [-0.3, -0.25) is 0 Å². The first-order valence-corrected chi connectivity index (χ1v) is 6.32. The molecule has 0 saturated carbocycles. The first-order chi connectivity index (χ1) is 7.89. The first kappa shape index (κ1) is 12.4. The van der Waals surface area contributed by atoms with Crippen LogP contribution in [0.25, 0.3) is 11.1 Å². The van der Waals surface area contributed by atoms with Gasteiger partial charge in [0.05, 0.1) is 5.56 Å². The van der Waals surface area contributed by atoms with Crippen LogP contribution in [0, 0.1) is 0 Å². The highest BCUT2D eigenvalue weighted by Gasteiger charge is 2.30. The average molecular weight is 322 g/mol. The van der Waals surface area contributed by atoms with Crippen LogP contribution < -0.4 is 5.73 Å². The lowest BCUT2D eigenvalue weighted by atomic mass is 10.0. The summed E-state index contributed by atoms with van der Waals surface area (Å²) in [6.07, 6.45) is -4.36. The fourth-order valence-electron chi connectivity index (χ4n) is 1.46. The van der Waals surface area contributed by atoms with E-state index in [9.17, 15) is 13.2 Å². The zero-order valence-corrected chi connectivity index (χ0v) is 10.8. The van der Waals surface area contributed by atoms with Gasteiger partial charge in [-0.25, -0.2) is 0 Å². The molecule has 0 aliphatic heterocycles. The van der Waals surface area contributed by atoms with Crippen molar-refractivity contribution >= 4 is 33.0 Å². The smallest absolute Gasteiger partial charge is 0.398 e. The van der Waals surface area contributed by atoms with Gasteiger partial charge in [-0.2, -0.15) is 24.5 Å². The van der Waals surface area contributed by atoms with E-state index in [0.717, 1.165) is 22.2 Å². The second-order valence-electron chi connectivity index (χ2n) is 3.43. The molecule has 0 amide bonds. The average Bonchev–Trinajstić information content (AvgIpc) is 2.63. The Morgan fingerprint density at radius 2 is 1.82 bits per heavy atom. The van der Waals surface area contributed by atoms with Crippen LogP contribution in [0.5, 0.6) is 0 Å². The van der Waals surface area contributed by atoms with Crippen molar-refractivity contribution in [2.24, 2.45) is 0 Å². The maximum atomic E-state index is 12.5. The monoisotopic (exact) mass is 321 g/mol. The van der Waals surface area contributed by atoms with Gasteiger partial charge < -0.3 is 5.73 Å². The van der Waals surface area contributed by atoms with E-state index in [2.05, 4.69) is 15.9 Å². The molecule has 90 valence electrons. The molecule has 0 atom stereocenters. The molecule has 0 aliphatic carbocycles. The molecule has 1 aromatic carbocycles. The van der Waals surface area contributed by atoms with Crippen LogP contribution in [0.2, 0.25) is 0 Å². The summed E-state index contributed by atoms with van der Waals surface area (Å²) < 4.78 is 38.2. The number of alkyl halides is 3. The van der Waals surface area contributed by atoms with Gasteiger partial charge in [-0.1, -0.05) is 6.07 Å². The largest absolute Gasteiger partial charge is 0.416 e. The fourth-order valence-corrected chi connectivity index (χ4v) is 2.97. The zero-order chi connectivity index (χ0) is 12.6. The number of thiophene rings is 1. The van der Waals surface area contributed by atoms with Gasteiger partial charge >= 0.3 is 6.18 Å². The van der Waals surface area contributed by atoms with Gasteiger partial charge in [-0.15, -0.1) is 0 Å². The third kappa shape index (κ3) is 2.47. The quantitative estimate of drug-likeness (QED) is 0.752. The lowest BCUT2D eigenvalue weighted by Crippen LogP contribution is -2.05. The molecule has 0 unspecified atom stereocenters. The van der Waals surface area contributed by atoms with Gasteiger partial charge in [0.1, 0.15) is 0 Å². The van der Waals surface area contributed by atoms with Crippen molar-refractivity contribution in [3.63, 3.8) is 0 Å². The molecule has 17 heavy (non-hydrogen) atoms. The predicted molar refractivity (Wildman–Crippen MR) is 66.9 cm³/mol. The Balaban J connectivity index is 2.50.